The van der Waals surface area contributed by atoms with Crippen LogP contribution in [-0.4, -0.2) is 22.3 Å². The maximum atomic E-state index is 5.29. The summed E-state index contributed by atoms with van der Waals surface area (Å²) in [5.41, 5.74) is 5.83. The molecule has 1 aliphatic carbocycles. The highest BCUT2D eigenvalue weighted by Crippen LogP contribution is 2.29. The van der Waals surface area contributed by atoms with Crippen molar-refractivity contribution in [3.05, 3.63) is 0 Å². The van der Waals surface area contributed by atoms with Crippen LogP contribution < -0.4 is 21.5 Å². The van der Waals surface area contributed by atoms with Gasteiger partial charge in [-0.05, 0) is 56.5 Å². The molecule has 0 amide bonds. The van der Waals surface area contributed by atoms with Crippen molar-refractivity contribution in [3.8, 4) is 0 Å². The number of thiocarbonyl (C=S) groups is 2. The van der Waals surface area contributed by atoms with E-state index in [4.69, 9.17) is 24.4 Å². The summed E-state index contributed by atoms with van der Waals surface area (Å²) in [5.74, 6) is 1.40. The summed E-state index contributed by atoms with van der Waals surface area (Å²) in [6, 6.07) is 0.764. The normalized spacial score (nSPS) is 26.7. The average Bonchev–Trinajstić information content (AvgIpc) is 2.32. The Bertz CT molecular complexity index is 320. The molecule has 110 valence electrons. The minimum Gasteiger partial charge on any atom is -0.359 e. The number of hydrogen-bond donors (Lipinski definition) is 4. The lowest BCUT2D eigenvalue weighted by atomic mass is 9.78. The van der Waals surface area contributed by atoms with Crippen LogP contribution in [-0.2, 0) is 0 Å². The highest BCUT2D eigenvalue weighted by Gasteiger charge is 2.27. The Labute approximate surface area is 127 Å². The molecular formula is C13H26N4S2. The van der Waals surface area contributed by atoms with Crippen LogP contribution in [0.2, 0.25) is 0 Å². The van der Waals surface area contributed by atoms with Crippen LogP contribution in [0.5, 0.6) is 0 Å². The molecular weight excluding hydrogens is 276 g/mol. The maximum Gasteiger partial charge on any atom is 0.185 e. The van der Waals surface area contributed by atoms with E-state index in [2.05, 4.69) is 35.3 Å². The minimum absolute atomic E-state index is 0.308. The first-order valence-corrected chi connectivity index (χ1v) is 7.84. The molecule has 3 atom stereocenters. The lowest BCUT2D eigenvalue weighted by Crippen LogP contribution is -2.54. The van der Waals surface area contributed by atoms with Crippen molar-refractivity contribution >= 4 is 34.7 Å². The van der Waals surface area contributed by atoms with Gasteiger partial charge in [-0.15, -0.1) is 0 Å². The fourth-order valence-electron chi connectivity index (χ4n) is 2.40. The first-order chi connectivity index (χ1) is 8.90. The van der Waals surface area contributed by atoms with Crippen molar-refractivity contribution in [2.24, 2.45) is 11.8 Å². The highest BCUT2D eigenvalue weighted by molar-refractivity contribution is 7.80. The van der Waals surface area contributed by atoms with E-state index in [0.717, 1.165) is 5.92 Å². The van der Waals surface area contributed by atoms with Gasteiger partial charge in [0.2, 0.25) is 0 Å². The molecule has 0 aliphatic heterocycles. The van der Waals surface area contributed by atoms with Gasteiger partial charge in [0, 0.05) is 12.1 Å². The van der Waals surface area contributed by atoms with E-state index in [0.29, 0.717) is 28.2 Å². The van der Waals surface area contributed by atoms with Crippen LogP contribution in [0.1, 0.15) is 47.0 Å². The van der Waals surface area contributed by atoms with Crippen molar-refractivity contribution in [2.45, 2.75) is 59.0 Å². The summed E-state index contributed by atoms with van der Waals surface area (Å²) >= 11 is 10.4. The predicted molar refractivity (Wildman–Crippen MR) is 88.8 cm³/mol. The molecule has 1 rings (SSSR count). The molecule has 6 heteroatoms. The fourth-order valence-corrected chi connectivity index (χ4v) is 2.89. The maximum absolute atomic E-state index is 5.29. The molecule has 1 saturated carbocycles. The first-order valence-electron chi connectivity index (χ1n) is 7.03. The van der Waals surface area contributed by atoms with Gasteiger partial charge in [0.1, 0.15) is 0 Å². The van der Waals surface area contributed by atoms with Crippen molar-refractivity contribution in [1.82, 2.24) is 21.5 Å². The second-order valence-electron chi connectivity index (χ2n) is 5.73. The topological polar surface area (TPSA) is 48.1 Å². The fraction of sp³-hybridized carbons (Fsp3) is 0.846. The second kappa shape index (κ2) is 7.85. The molecule has 1 aliphatic rings. The average molecular weight is 303 g/mol. The molecule has 0 bridgehead atoms. The molecule has 0 aromatic rings. The van der Waals surface area contributed by atoms with Gasteiger partial charge in [-0.1, -0.05) is 26.7 Å². The van der Waals surface area contributed by atoms with E-state index in [1.807, 2.05) is 13.8 Å². The molecule has 19 heavy (non-hydrogen) atoms. The van der Waals surface area contributed by atoms with Crippen LogP contribution in [0.4, 0.5) is 0 Å². The Kier molecular flexibility index (Phi) is 6.79. The van der Waals surface area contributed by atoms with Crippen molar-refractivity contribution in [3.63, 3.8) is 0 Å². The van der Waals surface area contributed by atoms with E-state index >= 15 is 0 Å². The standard InChI is InChI=1S/C13H26N4S2/c1-8(2)14-12(18)16-17-13(19)15-11-7-5-6-9(3)10(11)4/h8-11H,5-7H2,1-4H3,(H2,14,16,18)(H2,15,17,19)/t9-,10+,11+/m0/s1. The van der Waals surface area contributed by atoms with Crippen LogP contribution >= 0.6 is 24.4 Å². The van der Waals surface area contributed by atoms with Crippen LogP contribution in [0.3, 0.4) is 0 Å². The Morgan fingerprint density at radius 2 is 1.68 bits per heavy atom. The van der Waals surface area contributed by atoms with E-state index in [-0.39, 0.29) is 0 Å². The number of rotatable bonds is 2. The third-order valence-electron chi connectivity index (χ3n) is 3.73. The summed E-state index contributed by atoms with van der Waals surface area (Å²) in [6.07, 6.45) is 3.77. The second-order valence-corrected chi connectivity index (χ2v) is 6.54. The van der Waals surface area contributed by atoms with Gasteiger partial charge in [-0.3, -0.25) is 10.9 Å². The smallest absolute Gasteiger partial charge is 0.185 e. The van der Waals surface area contributed by atoms with Crippen LogP contribution in [0, 0.1) is 11.8 Å². The van der Waals surface area contributed by atoms with Gasteiger partial charge in [0.05, 0.1) is 0 Å². The van der Waals surface area contributed by atoms with E-state index in [1.54, 1.807) is 0 Å². The Morgan fingerprint density at radius 3 is 2.32 bits per heavy atom. The molecule has 0 radical (unpaired) electrons. The lowest BCUT2D eigenvalue weighted by molar-refractivity contribution is 0.224. The van der Waals surface area contributed by atoms with E-state index < -0.39 is 0 Å². The predicted octanol–water partition coefficient (Wildman–Crippen LogP) is 2.06. The molecule has 0 saturated heterocycles. The van der Waals surface area contributed by atoms with E-state index in [9.17, 15) is 0 Å². The summed E-state index contributed by atoms with van der Waals surface area (Å²) in [5, 5.41) is 7.64. The molecule has 0 spiro atoms. The zero-order valence-corrected chi connectivity index (χ0v) is 13.9. The summed E-state index contributed by atoms with van der Waals surface area (Å²) in [6.45, 7) is 8.68. The summed E-state index contributed by atoms with van der Waals surface area (Å²) in [4.78, 5) is 0. The van der Waals surface area contributed by atoms with E-state index in [1.165, 1.54) is 19.3 Å². The molecule has 0 unspecified atom stereocenters. The summed E-state index contributed by atoms with van der Waals surface area (Å²) in [7, 11) is 0. The number of hydrazine groups is 1. The largest absolute Gasteiger partial charge is 0.359 e. The molecule has 0 aromatic carbocycles. The van der Waals surface area contributed by atoms with Gasteiger partial charge in [-0.25, -0.2) is 0 Å². The Hall–Kier alpha value is -0.620. The van der Waals surface area contributed by atoms with Crippen molar-refractivity contribution in [1.29, 1.82) is 0 Å². The number of nitrogens with one attached hydrogen (secondary N) is 4. The minimum atomic E-state index is 0.308. The first kappa shape index (κ1) is 16.4. The van der Waals surface area contributed by atoms with Gasteiger partial charge in [0.25, 0.3) is 0 Å². The SMILES string of the molecule is CC(C)NC(=S)NNC(=S)N[C@@H]1CCC[C@H](C)[C@H]1C. The Morgan fingerprint density at radius 1 is 1.05 bits per heavy atom. The van der Waals surface area contributed by atoms with Crippen LogP contribution in [0.15, 0.2) is 0 Å². The van der Waals surface area contributed by atoms with Gasteiger partial charge < -0.3 is 10.6 Å². The monoisotopic (exact) mass is 302 g/mol. The molecule has 4 nitrogen and oxygen atoms in total. The zero-order valence-electron chi connectivity index (χ0n) is 12.2. The summed E-state index contributed by atoms with van der Waals surface area (Å²) < 4.78 is 0. The molecule has 0 heterocycles. The molecule has 4 N–H and O–H groups in total. The van der Waals surface area contributed by atoms with Crippen molar-refractivity contribution in [2.75, 3.05) is 0 Å². The Balaban J connectivity index is 2.29. The molecule has 0 aromatic heterocycles. The van der Waals surface area contributed by atoms with Crippen molar-refractivity contribution < 1.29 is 0 Å². The third kappa shape index (κ3) is 5.91. The molecule has 1 fully saturated rings. The number of hydrogen-bond acceptors (Lipinski definition) is 2. The van der Waals surface area contributed by atoms with Gasteiger partial charge >= 0.3 is 0 Å². The quantitative estimate of drug-likeness (QED) is 0.463. The lowest BCUT2D eigenvalue weighted by Gasteiger charge is -2.35. The van der Waals surface area contributed by atoms with Gasteiger partial charge in [0.15, 0.2) is 10.2 Å². The third-order valence-corrected chi connectivity index (χ3v) is 4.17. The van der Waals surface area contributed by atoms with Gasteiger partial charge in [-0.2, -0.15) is 0 Å². The zero-order chi connectivity index (χ0) is 14.4. The van der Waals surface area contributed by atoms with Crippen LogP contribution in [0.25, 0.3) is 0 Å². The highest BCUT2D eigenvalue weighted by atomic mass is 32.1.